The van der Waals surface area contributed by atoms with Crippen molar-refractivity contribution in [1.82, 2.24) is 15.1 Å². The predicted octanol–water partition coefficient (Wildman–Crippen LogP) is 0.350. The molecule has 1 amide bonds. The van der Waals surface area contributed by atoms with Crippen LogP contribution in [0.3, 0.4) is 0 Å². The van der Waals surface area contributed by atoms with Crippen LogP contribution in [0.1, 0.15) is 24.1 Å². The Hall–Kier alpha value is -1.92. The second-order valence-corrected chi connectivity index (χ2v) is 4.93. The quantitative estimate of drug-likeness (QED) is 0.605. The molecule has 0 saturated heterocycles. The third-order valence-corrected chi connectivity index (χ3v) is 3.68. The molecule has 2 heterocycles. The minimum atomic E-state index is -0.662. The number of carbonyl (C=O) groups is 1. The average molecular weight is 250 g/mol. The molecule has 1 aromatic rings. The Morgan fingerprint density at radius 2 is 2.44 bits per heavy atom. The molecule has 1 aromatic heterocycles. The van der Waals surface area contributed by atoms with Gasteiger partial charge in [-0.25, -0.2) is 0 Å². The van der Waals surface area contributed by atoms with E-state index in [-0.39, 0.29) is 10.8 Å². The van der Waals surface area contributed by atoms with Gasteiger partial charge in [-0.1, -0.05) is 0 Å². The van der Waals surface area contributed by atoms with Gasteiger partial charge in [0.05, 0.1) is 6.20 Å². The van der Waals surface area contributed by atoms with E-state index in [1.54, 1.807) is 11.1 Å². The molecule has 1 N–H and O–H groups in total. The van der Waals surface area contributed by atoms with Gasteiger partial charge >= 0.3 is 0 Å². The minimum Gasteiger partial charge on any atom is -0.338 e. The number of rotatable bonds is 2. The average Bonchev–Trinajstić information content (AvgIpc) is 3.08. The van der Waals surface area contributed by atoms with Crippen molar-refractivity contribution in [2.45, 2.75) is 31.8 Å². The summed E-state index contributed by atoms with van der Waals surface area (Å²) in [6, 6.07) is -0.662. The number of aromatic nitrogens is 2. The Morgan fingerprint density at radius 1 is 1.61 bits per heavy atom. The molecule has 0 radical (unpaired) electrons. The third kappa shape index (κ3) is 1.85. The lowest BCUT2D eigenvalue weighted by atomic mass is 10.2. The molecule has 0 aromatic carbocycles. The lowest BCUT2D eigenvalue weighted by molar-refractivity contribution is -0.497. The van der Waals surface area contributed by atoms with Gasteiger partial charge in [-0.3, -0.25) is 20.0 Å². The van der Waals surface area contributed by atoms with Gasteiger partial charge in [0, 0.05) is 35.7 Å². The van der Waals surface area contributed by atoms with Gasteiger partial charge in [0.2, 0.25) is 11.9 Å². The monoisotopic (exact) mass is 250 g/mol. The van der Waals surface area contributed by atoms with E-state index in [1.807, 2.05) is 0 Å². The Kier molecular flexibility index (Phi) is 2.53. The topological polar surface area (TPSA) is 92.1 Å². The summed E-state index contributed by atoms with van der Waals surface area (Å²) in [6.07, 6.45) is 3.87. The van der Waals surface area contributed by atoms with Gasteiger partial charge in [0.1, 0.15) is 5.92 Å². The number of amides is 1. The first kappa shape index (κ1) is 11.2. The van der Waals surface area contributed by atoms with Crippen LogP contribution in [0.5, 0.6) is 0 Å². The van der Waals surface area contributed by atoms with E-state index in [1.165, 1.54) is 0 Å². The summed E-state index contributed by atoms with van der Waals surface area (Å²) in [5.74, 6) is -0.487. The number of aromatic amines is 1. The molecule has 7 nitrogen and oxygen atoms in total. The summed E-state index contributed by atoms with van der Waals surface area (Å²) in [6.45, 7) is 1.19. The summed E-state index contributed by atoms with van der Waals surface area (Å²) in [5, 5.41) is 17.5. The number of H-pyrrole nitrogens is 1. The zero-order valence-electron chi connectivity index (χ0n) is 9.83. The predicted molar refractivity (Wildman–Crippen MR) is 61.2 cm³/mol. The molecular formula is C11H14N4O3. The molecule has 2 aliphatic rings. The maximum atomic E-state index is 12.2. The Bertz CT molecular complexity index is 498. The zero-order valence-corrected chi connectivity index (χ0v) is 9.83. The van der Waals surface area contributed by atoms with Crippen molar-refractivity contribution in [2.24, 2.45) is 5.92 Å². The van der Waals surface area contributed by atoms with Gasteiger partial charge < -0.3 is 4.90 Å². The summed E-state index contributed by atoms with van der Waals surface area (Å²) < 4.78 is 0. The number of aryl methyl sites for hydroxylation is 1. The van der Waals surface area contributed by atoms with Gasteiger partial charge in [0.25, 0.3) is 0 Å². The Labute approximate surface area is 103 Å². The summed E-state index contributed by atoms with van der Waals surface area (Å²) in [4.78, 5) is 24.1. The second-order valence-electron chi connectivity index (χ2n) is 4.93. The van der Waals surface area contributed by atoms with Gasteiger partial charge in [-0.05, 0) is 12.8 Å². The van der Waals surface area contributed by atoms with E-state index < -0.39 is 12.0 Å². The maximum Gasteiger partial charge on any atom is 0.233 e. The van der Waals surface area contributed by atoms with E-state index in [9.17, 15) is 14.9 Å². The lowest BCUT2D eigenvalue weighted by Crippen LogP contribution is -2.33. The van der Waals surface area contributed by atoms with Crippen LogP contribution in [-0.4, -0.2) is 38.5 Å². The summed E-state index contributed by atoms with van der Waals surface area (Å²) in [7, 11) is 0. The Morgan fingerprint density at radius 3 is 3.17 bits per heavy atom. The van der Waals surface area contributed by atoms with Crippen molar-refractivity contribution in [2.75, 3.05) is 6.54 Å². The van der Waals surface area contributed by atoms with Crippen LogP contribution < -0.4 is 0 Å². The van der Waals surface area contributed by atoms with Crippen LogP contribution in [0.25, 0.3) is 0 Å². The molecule has 1 saturated carbocycles. The van der Waals surface area contributed by atoms with Gasteiger partial charge in [0.15, 0.2) is 0 Å². The van der Waals surface area contributed by atoms with E-state index in [4.69, 9.17) is 0 Å². The van der Waals surface area contributed by atoms with Crippen LogP contribution in [-0.2, 0) is 17.8 Å². The van der Waals surface area contributed by atoms with Crippen molar-refractivity contribution in [3.63, 3.8) is 0 Å². The highest BCUT2D eigenvalue weighted by Gasteiger charge is 2.54. The van der Waals surface area contributed by atoms with E-state index >= 15 is 0 Å². The number of hydrogen-bond donors (Lipinski definition) is 1. The van der Waals surface area contributed by atoms with Crippen LogP contribution in [0, 0.1) is 16.0 Å². The van der Waals surface area contributed by atoms with Crippen molar-refractivity contribution >= 4 is 5.91 Å². The van der Waals surface area contributed by atoms with E-state index in [0.29, 0.717) is 19.5 Å². The Balaban J connectivity index is 1.70. The molecule has 1 aliphatic carbocycles. The molecule has 18 heavy (non-hydrogen) atoms. The van der Waals surface area contributed by atoms with Crippen LogP contribution >= 0.6 is 0 Å². The lowest BCUT2D eigenvalue weighted by Gasteiger charge is -2.19. The van der Waals surface area contributed by atoms with Crippen molar-refractivity contribution in [1.29, 1.82) is 0 Å². The first-order valence-electron chi connectivity index (χ1n) is 6.10. The molecule has 0 spiro atoms. The first-order chi connectivity index (χ1) is 8.66. The van der Waals surface area contributed by atoms with Crippen molar-refractivity contribution in [3.8, 4) is 0 Å². The standard InChI is InChI=1S/C11H14N4O3/c16-11(8-4-10(8)15(17)18)14-3-1-2-9-7(6-14)5-12-13-9/h5,8,10H,1-4,6H2,(H,12,13)/t8-,10-/m1/s1. The van der Waals surface area contributed by atoms with Crippen LogP contribution in [0.4, 0.5) is 0 Å². The fraction of sp³-hybridized carbons (Fsp3) is 0.636. The van der Waals surface area contributed by atoms with Crippen LogP contribution in [0.15, 0.2) is 6.20 Å². The van der Waals surface area contributed by atoms with Gasteiger partial charge in [-0.15, -0.1) is 0 Å². The highest BCUT2D eigenvalue weighted by molar-refractivity contribution is 5.82. The fourth-order valence-electron chi connectivity index (χ4n) is 2.52. The molecule has 7 heteroatoms. The molecule has 2 atom stereocenters. The highest BCUT2D eigenvalue weighted by atomic mass is 16.6. The van der Waals surface area contributed by atoms with Crippen molar-refractivity contribution < 1.29 is 9.72 Å². The largest absolute Gasteiger partial charge is 0.338 e. The SMILES string of the molecule is O=C([C@@H]1C[C@H]1[N+](=O)[O-])N1CCCc2[nH]ncc2C1. The number of fused-ring (bicyclic) bond motifs is 1. The molecule has 1 aliphatic heterocycles. The molecule has 96 valence electrons. The molecule has 3 rings (SSSR count). The second kappa shape index (κ2) is 4.08. The number of nitro groups is 1. The maximum absolute atomic E-state index is 12.2. The zero-order chi connectivity index (χ0) is 12.7. The fourth-order valence-corrected chi connectivity index (χ4v) is 2.52. The number of carbonyl (C=O) groups excluding carboxylic acids is 1. The van der Waals surface area contributed by atoms with Crippen LogP contribution in [0.2, 0.25) is 0 Å². The normalized spacial score (nSPS) is 26.3. The van der Waals surface area contributed by atoms with Gasteiger partial charge in [-0.2, -0.15) is 5.10 Å². The highest BCUT2D eigenvalue weighted by Crippen LogP contribution is 2.35. The smallest absolute Gasteiger partial charge is 0.233 e. The first-order valence-corrected chi connectivity index (χ1v) is 6.10. The molecule has 0 unspecified atom stereocenters. The minimum absolute atomic E-state index is 0.0780. The summed E-state index contributed by atoms with van der Waals surface area (Å²) >= 11 is 0. The molecule has 0 bridgehead atoms. The number of nitrogens with one attached hydrogen (secondary N) is 1. The van der Waals surface area contributed by atoms with E-state index in [0.717, 1.165) is 24.1 Å². The summed E-state index contributed by atoms with van der Waals surface area (Å²) in [5.41, 5.74) is 2.10. The number of nitrogens with zero attached hydrogens (tertiary/aromatic N) is 3. The molecular weight excluding hydrogens is 236 g/mol. The molecule has 1 fully saturated rings. The third-order valence-electron chi connectivity index (χ3n) is 3.68. The van der Waals surface area contributed by atoms with Crippen molar-refractivity contribution in [3.05, 3.63) is 27.6 Å². The number of hydrogen-bond acceptors (Lipinski definition) is 4. The van der Waals surface area contributed by atoms with E-state index in [2.05, 4.69) is 10.2 Å².